The second-order valence-corrected chi connectivity index (χ2v) is 7.76. The van der Waals surface area contributed by atoms with Crippen molar-refractivity contribution < 1.29 is 18.7 Å². The van der Waals surface area contributed by atoms with Crippen LogP contribution in [0.1, 0.15) is 6.92 Å². The predicted octanol–water partition coefficient (Wildman–Crippen LogP) is 4.38. The summed E-state index contributed by atoms with van der Waals surface area (Å²) >= 11 is 5.99. The van der Waals surface area contributed by atoms with Crippen molar-refractivity contribution in [3.63, 3.8) is 0 Å². The maximum atomic E-state index is 14.8. The van der Waals surface area contributed by atoms with E-state index in [0.29, 0.717) is 21.9 Å². The van der Waals surface area contributed by atoms with Crippen molar-refractivity contribution >= 4 is 40.3 Å². The van der Waals surface area contributed by atoms with E-state index >= 15 is 0 Å². The maximum Gasteiger partial charge on any atom is 0.263 e. The number of ether oxygens (including phenoxy) is 1. The summed E-state index contributed by atoms with van der Waals surface area (Å²) < 4.78 is 21.9. The minimum Gasteiger partial charge on any atom is -0.434 e. The molecule has 9 nitrogen and oxygen atoms in total. The fraction of sp³-hybridized carbons (Fsp3) is 0.0833. The molecule has 0 aliphatic carbocycles. The summed E-state index contributed by atoms with van der Waals surface area (Å²) in [6.45, 7) is 1.59. The standard InChI is InChI=1S/C24H20ClFN6O3/c1-14(27-2)21(22(33)30-16-6-4-3-5-7-16)23(34)31-17-8-9-20(18(26)11-17)35-24-19-10-15(25)12-32(19)29-13-28-24/h3-13,27H,1-2H3,(H,30,33)(H,31,34)/b21-14+. The van der Waals surface area contributed by atoms with Crippen LogP contribution in [0.25, 0.3) is 5.52 Å². The Labute approximate surface area is 204 Å². The Morgan fingerprint density at radius 3 is 2.43 bits per heavy atom. The molecule has 0 saturated heterocycles. The van der Waals surface area contributed by atoms with E-state index in [0.717, 1.165) is 6.07 Å². The van der Waals surface area contributed by atoms with Crippen molar-refractivity contribution in [1.82, 2.24) is 19.9 Å². The van der Waals surface area contributed by atoms with Gasteiger partial charge in [0.25, 0.3) is 11.8 Å². The van der Waals surface area contributed by atoms with E-state index in [1.807, 2.05) is 0 Å². The van der Waals surface area contributed by atoms with Gasteiger partial charge in [-0.15, -0.1) is 0 Å². The van der Waals surface area contributed by atoms with Gasteiger partial charge in [-0.25, -0.2) is 8.91 Å². The van der Waals surface area contributed by atoms with Gasteiger partial charge in [-0.3, -0.25) is 9.59 Å². The first-order valence-electron chi connectivity index (χ1n) is 10.4. The van der Waals surface area contributed by atoms with E-state index in [4.69, 9.17) is 16.3 Å². The van der Waals surface area contributed by atoms with Gasteiger partial charge in [-0.2, -0.15) is 10.1 Å². The summed E-state index contributed by atoms with van der Waals surface area (Å²) in [5, 5.41) is 12.5. The molecule has 0 unspecified atom stereocenters. The highest BCUT2D eigenvalue weighted by Crippen LogP contribution is 2.29. The van der Waals surface area contributed by atoms with Crippen molar-refractivity contribution in [3.8, 4) is 11.6 Å². The van der Waals surface area contributed by atoms with Crippen LogP contribution < -0.4 is 20.7 Å². The summed E-state index contributed by atoms with van der Waals surface area (Å²) in [6, 6.07) is 14.2. The number of hydrogen-bond donors (Lipinski definition) is 3. The minimum absolute atomic E-state index is 0.107. The second kappa shape index (κ2) is 10.2. The molecular weight excluding hydrogens is 475 g/mol. The van der Waals surface area contributed by atoms with E-state index in [1.54, 1.807) is 56.6 Å². The van der Waals surface area contributed by atoms with Crippen LogP contribution in [0.4, 0.5) is 15.8 Å². The van der Waals surface area contributed by atoms with Gasteiger partial charge >= 0.3 is 0 Å². The number of nitrogens with one attached hydrogen (secondary N) is 3. The molecule has 2 heterocycles. The van der Waals surface area contributed by atoms with Crippen LogP contribution in [0.2, 0.25) is 5.02 Å². The van der Waals surface area contributed by atoms with Gasteiger partial charge in [0.15, 0.2) is 11.6 Å². The SMILES string of the molecule is CN/C(C)=C(\C(=O)Nc1ccccc1)C(=O)Nc1ccc(Oc2ncnn3cc(Cl)cc23)c(F)c1. The van der Waals surface area contributed by atoms with Crippen molar-refractivity contribution in [2.75, 3.05) is 17.7 Å². The summed E-state index contributed by atoms with van der Waals surface area (Å²) in [5.74, 6) is -2.08. The number of carbonyl (C=O) groups excluding carboxylic acids is 2. The number of fused-ring (bicyclic) bond motifs is 1. The lowest BCUT2D eigenvalue weighted by molar-refractivity contribution is -0.118. The number of aromatic nitrogens is 3. The lowest BCUT2D eigenvalue weighted by Crippen LogP contribution is -2.29. The van der Waals surface area contributed by atoms with Crippen molar-refractivity contribution in [1.29, 1.82) is 0 Å². The Morgan fingerprint density at radius 2 is 1.74 bits per heavy atom. The van der Waals surface area contributed by atoms with Crippen LogP contribution in [0.3, 0.4) is 0 Å². The van der Waals surface area contributed by atoms with Crippen molar-refractivity contribution in [2.24, 2.45) is 0 Å². The number of carbonyl (C=O) groups is 2. The molecule has 178 valence electrons. The number of allylic oxidation sites excluding steroid dienone is 1. The van der Waals surface area contributed by atoms with Crippen LogP contribution in [0.5, 0.6) is 11.6 Å². The first kappa shape index (κ1) is 23.7. The average Bonchev–Trinajstić information content (AvgIpc) is 3.22. The van der Waals surface area contributed by atoms with Gasteiger partial charge in [-0.1, -0.05) is 29.8 Å². The number of halogens is 2. The summed E-state index contributed by atoms with van der Waals surface area (Å²) in [5.41, 5.74) is 1.31. The number of rotatable bonds is 7. The molecule has 2 aromatic heterocycles. The Bertz CT molecular complexity index is 1440. The van der Waals surface area contributed by atoms with Gasteiger partial charge in [0.2, 0.25) is 5.88 Å². The summed E-state index contributed by atoms with van der Waals surface area (Å²) in [6.07, 6.45) is 2.82. The summed E-state index contributed by atoms with van der Waals surface area (Å²) in [4.78, 5) is 29.7. The molecule has 0 atom stereocenters. The highest BCUT2D eigenvalue weighted by Gasteiger charge is 2.22. The fourth-order valence-corrected chi connectivity index (χ4v) is 3.39. The molecule has 0 spiro atoms. The van der Waals surface area contributed by atoms with Crippen LogP contribution in [0.15, 0.2) is 78.4 Å². The van der Waals surface area contributed by atoms with E-state index in [9.17, 15) is 14.0 Å². The third kappa shape index (κ3) is 5.39. The molecule has 3 N–H and O–H groups in total. The second-order valence-electron chi connectivity index (χ2n) is 7.32. The van der Waals surface area contributed by atoms with Crippen molar-refractivity contribution in [2.45, 2.75) is 6.92 Å². The van der Waals surface area contributed by atoms with Gasteiger partial charge in [-0.05, 0) is 37.3 Å². The molecular formula is C24H20ClFN6O3. The number of anilines is 2. The quantitative estimate of drug-likeness (QED) is 0.200. The maximum absolute atomic E-state index is 14.8. The topological polar surface area (TPSA) is 110 Å². The molecule has 0 fully saturated rings. The van der Waals surface area contributed by atoms with Crippen LogP contribution in [-0.2, 0) is 9.59 Å². The number of amides is 2. The Hall–Kier alpha value is -4.44. The zero-order valence-corrected chi connectivity index (χ0v) is 19.4. The van der Waals surface area contributed by atoms with Crippen LogP contribution in [0, 0.1) is 5.82 Å². The average molecular weight is 495 g/mol. The van der Waals surface area contributed by atoms with Gasteiger partial charge in [0, 0.05) is 36.4 Å². The zero-order chi connectivity index (χ0) is 24.9. The highest BCUT2D eigenvalue weighted by molar-refractivity contribution is 6.31. The van der Waals surface area contributed by atoms with Crippen LogP contribution in [-0.4, -0.2) is 33.5 Å². The normalized spacial score (nSPS) is 11.5. The lowest BCUT2D eigenvalue weighted by atomic mass is 10.1. The molecule has 0 radical (unpaired) electrons. The lowest BCUT2D eigenvalue weighted by Gasteiger charge is -2.14. The first-order chi connectivity index (χ1) is 16.9. The molecule has 0 bridgehead atoms. The smallest absolute Gasteiger partial charge is 0.263 e. The van der Waals surface area contributed by atoms with E-state index in [-0.39, 0.29) is 22.9 Å². The Morgan fingerprint density at radius 1 is 1.03 bits per heavy atom. The predicted molar refractivity (Wildman–Crippen MR) is 130 cm³/mol. The Kier molecular flexibility index (Phi) is 6.93. The number of hydrogen-bond acceptors (Lipinski definition) is 6. The molecule has 4 rings (SSSR count). The molecule has 2 aromatic carbocycles. The van der Waals surface area contributed by atoms with Gasteiger partial charge in [0.1, 0.15) is 17.4 Å². The molecule has 35 heavy (non-hydrogen) atoms. The number of para-hydroxylation sites is 1. The third-order valence-corrected chi connectivity index (χ3v) is 5.18. The van der Waals surface area contributed by atoms with E-state index in [2.05, 4.69) is 26.0 Å². The van der Waals surface area contributed by atoms with E-state index in [1.165, 1.54) is 23.0 Å². The van der Waals surface area contributed by atoms with E-state index < -0.39 is 17.6 Å². The van der Waals surface area contributed by atoms with Crippen LogP contribution >= 0.6 is 11.6 Å². The molecule has 0 aliphatic heterocycles. The Balaban J connectivity index is 1.52. The summed E-state index contributed by atoms with van der Waals surface area (Å²) in [7, 11) is 1.59. The minimum atomic E-state index is -0.748. The zero-order valence-electron chi connectivity index (χ0n) is 18.7. The largest absolute Gasteiger partial charge is 0.434 e. The van der Waals surface area contributed by atoms with Crippen molar-refractivity contribution in [3.05, 3.63) is 89.2 Å². The third-order valence-electron chi connectivity index (χ3n) is 4.97. The van der Waals surface area contributed by atoms with Gasteiger partial charge in [0.05, 0.1) is 5.02 Å². The molecule has 2 amide bonds. The molecule has 11 heteroatoms. The monoisotopic (exact) mass is 494 g/mol. The molecule has 0 aliphatic rings. The fourth-order valence-electron chi connectivity index (χ4n) is 3.20. The molecule has 0 saturated carbocycles. The van der Waals surface area contributed by atoms with Gasteiger partial charge < -0.3 is 20.7 Å². The first-order valence-corrected chi connectivity index (χ1v) is 10.8. The number of nitrogens with zero attached hydrogens (tertiary/aromatic N) is 3. The highest BCUT2D eigenvalue weighted by atomic mass is 35.5. The molecule has 4 aromatic rings. The number of benzene rings is 2.